The molecule has 2 aromatic rings. The van der Waals surface area contributed by atoms with Crippen LogP contribution in [0.2, 0.25) is 0 Å². The summed E-state index contributed by atoms with van der Waals surface area (Å²) < 4.78 is 32.4. The van der Waals surface area contributed by atoms with Crippen LogP contribution in [0.15, 0.2) is 28.5 Å². The highest BCUT2D eigenvalue weighted by molar-refractivity contribution is 7.89. The molecule has 0 saturated carbocycles. The molecule has 1 aliphatic rings. The summed E-state index contributed by atoms with van der Waals surface area (Å²) in [6.45, 7) is 4.84. The number of aromatic nitrogens is 1. The van der Waals surface area contributed by atoms with Gasteiger partial charge in [-0.25, -0.2) is 13.4 Å². The molecular formula is C17H21N3O4S2. The minimum absolute atomic E-state index is 0.146. The first-order chi connectivity index (χ1) is 12.3. The van der Waals surface area contributed by atoms with Crippen LogP contribution in [0, 0.1) is 13.8 Å². The maximum atomic E-state index is 12.9. The zero-order valence-electron chi connectivity index (χ0n) is 14.9. The number of amides is 1. The van der Waals surface area contributed by atoms with Gasteiger partial charge in [-0.3, -0.25) is 4.79 Å². The van der Waals surface area contributed by atoms with Crippen LogP contribution >= 0.6 is 11.3 Å². The second kappa shape index (κ2) is 7.34. The second-order valence-electron chi connectivity index (χ2n) is 6.08. The Morgan fingerprint density at radius 2 is 1.88 bits per heavy atom. The Bertz CT molecular complexity index is 916. The molecule has 26 heavy (non-hydrogen) atoms. The molecule has 9 heteroatoms. The molecule has 1 aromatic heterocycles. The van der Waals surface area contributed by atoms with Crippen LogP contribution in [0.5, 0.6) is 5.75 Å². The molecule has 1 fully saturated rings. The lowest BCUT2D eigenvalue weighted by Gasteiger charge is -2.34. The molecule has 3 rings (SSSR count). The van der Waals surface area contributed by atoms with Gasteiger partial charge < -0.3 is 9.64 Å². The number of hydrogen-bond donors (Lipinski definition) is 0. The number of aryl methyl sites for hydroxylation is 2. The van der Waals surface area contributed by atoms with Gasteiger partial charge in [0.1, 0.15) is 11.4 Å². The van der Waals surface area contributed by atoms with Crippen LogP contribution in [-0.4, -0.2) is 61.8 Å². The van der Waals surface area contributed by atoms with Crippen LogP contribution in [-0.2, 0) is 10.0 Å². The topological polar surface area (TPSA) is 79.8 Å². The van der Waals surface area contributed by atoms with Crippen LogP contribution < -0.4 is 4.74 Å². The monoisotopic (exact) mass is 395 g/mol. The lowest BCUT2D eigenvalue weighted by atomic mass is 10.2. The Kier molecular flexibility index (Phi) is 5.31. The molecule has 140 valence electrons. The Morgan fingerprint density at radius 3 is 2.42 bits per heavy atom. The first kappa shape index (κ1) is 18.8. The van der Waals surface area contributed by atoms with Crippen molar-refractivity contribution in [3.63, 3.8) is 0 Å². The van der Waals surface area contributed by atoms with Crippen LogP contribution in [0.25, 0.3) is 0 Å². The normalized spacial score (nSPS) is 15.9. The molecule has 2 heterocycles. The van der Waals surface area contributed by atoms with Crippen molar-refractivity contribution in [1.82, 2.24) is 14.2 Å². The Balaban J connectivity index is 1.72. The average Bonchev–Trinajstić information content (AvgIpc) is 3.07. The van der Waals surface area contributed by atoms with Gasteiger partial charge in [-0.05, 0) is 37.6 Å². The van der Waals surface area contributed by atoms with E-state index in [1.807, 2.05) is 6.92 Å². The van der Waals surface area contributed by atoms with Gasteiger partial charge in [0, 0.05) is 31.6 Å². The smallest absolute Gasteiger partial charge is 0.273 e. The third-order valence-electron chi connectivity index (χ3n) is 4.36. The summed E-state index contributed by atoms with van der Waals surface area (Å²) in [4.78, 5) is 18.6. The number of carbonyl (C=O) groups excluding carboxylic acids is 1. The van der Waals surface area contributed by atoms with Crippen molar-refractivity contribution in [1.29, 1.82) is 0 Å². The highest BCUT2D eigenvalue weighted by Gasteiger charge is 2.31. The maximum absolute atomic E-state index is 12.9. The van der Waals surface area contributed by atoms with Gasteiger partial charge in [0.2, 0.25) is 10.0 Å². The quantitative estimate of drug-likeness (QED) is 0.790. The predicted molar refractivity (Wildman–Crippen MR) is 99.2 cm³/mol. The molecule has 1 aliphatic heterocycles. The molecule has 0 spiro atoms. The van der Waals surface area contributed by atoms with Gasteiger partial charge in [0.05, 0.1) is 17.0 Å². The van der Waals surface area contributed by atoms with Crippen LogP contribution in [0.1, 0.15) is 21.1 Å². The number of piperazine rings is 1. The highest BCUT2D eigenvalue weighted by Crippen LogP contribution is 2.25. The molecule has 0 radical (unpaired) electrons. The lowest BCUT2D eigenvalue weighted by molar-refractivity contribution is 0.0692. The zero-order chi connectivity index (χ0) is 18.9. The first-order valence-corrected chi connectivity index (χ1v) is 10.5. The van der Waals surface area contributed by atoms with Gasteiger partial charge in [-0.1, -0.05) is 0 Å². The number of methoxy groups -OCH3 is 1. The standard InChI is InChI=1S/C17H21N3O4S2/c1-12-10-14(24-3)4-5-16(12)26(22,23)20-8-6-19(7-9-20)17(21)15-11-25-13(2)18-15/h4-5,10-11H,6-9H2,1-3H3. The van der Waals surface area contributed by atoms with Gasteiger partial charge in [0.15, 0.2) is 0 Å². The molecule has 1 amide bonds. The van der Waals surface area contributed by atoms with Gasteiger partial charge in [-0.15, -0.1) is 11.3 Å². The van der Waals surface area contributed by atoms with Crippen molar-refractivity contribution in [2.75, 3.05) is 33.3 Å². The number of carbonyl (C=O) groups is 1. The van der Waals surface area contributed by atoms with Crippen LogP contribution in [0.4, 0.5) is 0 Å². The summed E-state index contributed by atoms with van der Waals surface area (Å²) in [6.07, 6.45) is 0. The minimum Gasteiger partial charge on any atom is -0.497 e. The van der Waals surface area contributed by atoms with E-state index in [2.05, 4.69) is 4.98 Å². The van der Waals surface area contributed by atoms with E-state index in [1.165, 1.54) is 15.6 Å². The van der Waals surface area contributed by atoms with E-state index in [1.54, 1.807) is 42.5 Å². The average molecular weight is 396 g/mol. The number of rotatable bonds is 4. The SMILES string of the molecule is COc1ccc(S(=O)(=O)N2CCN(C(=O)c3csc(C)n3)CC2)c(C)c1. The van der Waals surface area contributed by atoms with E-state index in [4.69, 9.17) is 4.74 Å². The van der Waals surface area contributed by atoms with Gasteiger partial charge >= 0.3 is 0 Å². The Morgan fingerprint density at radius 1 is 1.19 bits per heavy atom. The second-order valence-corrected chi connectivity index (χ2v) is 9.05. The number of nitrogens with zero attached hydrogens (tertiary/aromatic N) is 3. The molecule has 7 nitrogen and oxygen atoms in total. The largest absolute Gasteiger partial charge is 0.497 e. The fourth-order valence-corrected chi connectivity index (χ4v) is 5.15. The summed E-state index contributed by atoms with van der Waals surface area (Å²) in [5, 5.41) is 2.58. The highest BCUT2D eigenvalue weighted by atomic mass is 32.2. The summed E-state index contributed by atoms with van der Waals surface area (Å²) >= 11 is 1.43. The molecule has 1 saturated heterocycles. The van der Waals surface area contributed by atoms with Gasteiger partial charge in [-0.2, -0.15) is 4.31 Å². The van der Waals surface area contributed by atoms with Crippen molar-refractivity contribution < 1.29 is 17.9 Å². The van der Waals surface area contributed by atoms with E-state index in [0.29, 0.717) is 30.1 Å². The van der Waals surface area contributed by atoms with Crippen molar-refractivity contribution in [3.05, 3.63) is 39.8 Å². The summed E-state index contributed by atoms with van der Waals surface area (Å²) in [6, 6.07) is 4.92. The maximum Gasteiger partial charge on any atom is 0.273 e. The molecule has 0 unspecified atom stereocenters. The Hall–Kier alpha value is -1.97. The van der Waals surface area contributed by atoms with E-state index in [-0.39, 0.29) is 23.9 Å². The lowest BCUT2D eigenvalue weighted by Crippen LogP contribution is -2.50. The summed E-state index contributed by atoms with van der Waals surface area (Å²) in [5.74, 6) is 0.474. The number of ether oxygens (including phenoxy) is 1. The number of thiazole rings is 1. The summed E-state index contributed by atoms with van der Waals surface area (Å²) in [5.41, 5.74) is 1.07. The van der Waals surface area contributed by atoms with Gasteiger partial charge in [0.25, 0.3) is 5.91 Å². The van der Waals surface area contributed by atoms with Crippen LogP contribution in [0.3, 0.4) is 0 Å². The zero-order valence-corrected chi connectivity index (χ0v) is 16.6. The number of benzene rings is 1. The third kappa shape index (κ3) is 3.60. The van der Waals surface area contributed by atoms with Crippen molar-refractivity contribution in [2.45, 2.75) is 18.7 Å². The molecule has 0 N–H and O–H groups in total. The fraction of sp³-hybridized carbons (Fsp3) is 0.412. The third-order valence-corrected chi connectivity index (χ3v) is 7.20. The van der Waals surface area contributed by atoms with E-state index >= 15 is 0 Å². The predicted octanol–water partition coefficient (Wildman–Crippen LogP) is 1.92. The van der Waals surface area contributed by atoms with E-state index < -0.39 is 10.0 Å². The summed E-state index contributed by atoms with van der Waals surface area (Å²) in [7, 11) is -2.06. The van der Waals surface area contributed by atoms with E-state index in [9.17, 15) is 13.2 Å². The van der Waals surface area contributed by atoms with Crippen molar-refractivity contribution in [3.8, 4) is 5.75 Å². The molecule has 0 bridgehead atoms. The molecule has 1 aromatic carbocycles. The molecular weight excluding hydrogens is 374 g/mol. The van der Waals surface area contributed by atoms with Crippen molar-refractivity contribution in [2.24, 2.45) is 0 Å². The first-order valence-electron chi connectivity index (χ1n) is 8.19. The fourth-order valence-electron chi connectivity index (χ4n) is 2.93. The molecule has 0 atom stereocenters. The molecule has 0 aliphatic carbocycles. The Labute approximate surface area is 157 Å². The number of hydrogen-bond acceptors (Lipinski definition) is 6. The minimum atomic E-state index is -3.60. The van der Waals surface area contributed by atoms with Crippen molar-refractivity contribution >= 4 is 27.3 Å². The number of sulfonamides is 1. The van der Waals surface area contributed by atoms with E-state index in [0.717, 1.165) is 5.01 Å².